The largest absolute Gasteiger partial charge is 0.481 e. The molecule has 1 N–H and O–H groups in total. The predicted octanol–water partition coefficient (Wildman–Crippen LogP) is 1.92. The van der Waals surface area contributed by atoms with Gasteiger partial charge in [-0.25, -0.2) is 4.68 Å². The molecule has 138 valence electrons. The quantitative estimate of drug-likeness (QED) is 0.761. The van der Waals surface area contributed by atoms with Crippen LogP contribution in [-0.2, 0) is 4.79 Å². The van der Waals surface area contributed by atoms with E-state index in [9.17, 15) is 14.7 Å². The highest BCUT2D eigenvalue weighted by atomic mass is 16.4. The highest BCUT2D eigenvalue weighted by Crippen LogP contribution is 2.26. The molecule has 8 heteroatoms. The fraction of sp³-hybridized carbons (Fsp3) is 0.316. The number of hydrogen-bond donors (Lipinski definition) is 1. The number of pyridine rings is 1. The van der Waals surface area contributed by atoms with Crippen LogP contribution in [-0.4, -0.2) is 55.0 Å². The van der Waals surface area contributed by atoms with E-state index in [0.717, 1.165) is 16.6 Å². The Kier molecular flexibility index (Phi) is 4.10. The van der Waals surface area contributed by atoms with E-state index in [2.05, 4.69) is 15.3 Å². The van der Waals surface area contributed by atoms with Crippen LogP contribution in [0.25, 0.3) is 16.6 Å². The molecule has 3 heterocycles. The van der Waals surface area contributed by atoms with Gasteiger partial charge in [0.15, 0.2) is 5.69 Å². The molecule has 0 unspecified atom stereocenters. The minimum Gasteiger partial charge on any atom is -0.481 e. The Hall–Kier alpha value is -3.29. The number of benzene rings is 1. The number of carbonyl (C=O) groups is 2. The second-order valence-corrected chi connectivity index (χ2v) is 6.91. The molecular formula is C19H19N5O3. The third-order valence-corrected chi connectivity index (χ3v) is 5.16. The summed E-state index contributed by atoms with van der Waals surface area (Å²) in [5.41, 5.74) is 2.48. The smallest absolute Gasteiger partial charge is 0.308 e. The van der Waals surface area contributed by atoms with Crippen molar-refractivity contribution in [1.82, 2.24) is 24.9 Å². The highest BCUT2D eigenvalue weighted by Gasteiger charge is 2.38. The number of hydrogen-bond acceptors (Lipinski definition) is 5. The minimum absolute atomic E-state index is 0.0917. The molecule has 1 aliphatic heterocycles. The fourth-order valence-corrected chi connectivity index (χ4v) is 3.63. The van der Waals surface area contributed by atoms with Crippen molar-refractivity contribution in [3.05, 3.63) is 47.9 Å². The van der Waals surface area contributed by atoms with Crippen molar-refractivity contribution in [1.29, 1.82) is 0 Å². The van der Waals surface area contributed by atoms with Crippen molar-refractivity contribution >= 4 is 22.8 Å². The van der Waals surface area contributed by atoms with Crippen LogP contribution < -0.4 is 0 Å². The lowest BCUT2D eigenvalue weighted by molar-refractivity contribution is -0.142. The highest BCUT2D eigenvalue weighted by molar-refractivity contribution is 5.94. The maximum atomic E-state index is 12.9. The molecule has 2 aromatic heterocycles. The number of amides is 1. The lowest BCUT2D eigenvalue weighted by Crippen LogP contribution is -2.30. The SMILES string of the molecule is Cc1c(C(=O)N2C[C@@H](C)[C@H](C(=O)O)C2)nnn1-c1cccc2ncccc12. The third-order valence-electron chi connectivity index (χ3n) is 5.16. The molecule has 8 nitrogen and oxygen atoms in total. The van der Waals surface area contributed by atoms with E-state index in [1.54, 1.807) is 22.7 Å². The Balaban J connectivity index is 1.69. The monoisotopic (exact) mass is 365 g/mol. The summed E-state index contributed by atoms with van der Waals surface area (Å²) in [6.07, 6.45) is 1.72. The first kappa shape index (κ1) is 17.1. The van der Waals surface area contributed by atoms with Gasteiger partial charge in [0.25, 0.3) is 5.91 Å². The van der Waals surface area contributed by atoms with Gasteiger partial charge in [-0.15, -0.1) is 5.10 Å². The van der Waals surface area contributed by atoms with Crippen LogP contribution in [0.3, 0.4) is 0 Å². The second-order valence-electron chi connectivity index (χ2n) is 6.91. The van der Waals surface area contributed by atoms with E-state index in [0.29, 0.717) is 12.2 Å². The van der Waals surface area contributed by atoms with E-state index in [1.807, 2.05) is 37.3 Å². The van der Waals surface area contributed by atoms with Gasteiger partial charge >= 0.3 is 5.97 Å². The summed E-state index contributed by atoms with van der Waals surface area (Å²) in [5.74, 6) is -1.80. The first-order valence-electron chi connectivity index (χ1n) is 8.76. The summed E-state index contributed by atoms with van der Waals surface area (Å²) in [6.45, 7) is 4.23. The van der Waals surface area contributed by atoms with Crippen LogP contribution >= 0.6 is 0 Å². The molecule has 0 aliphatic carbocycles. The van der Waals surface area contributed by atoms with Crippen molar-refractivity contribution in [2.45, 2.75) is 13.8 Å². The molecule has 2 atom stereocenters. The number of likely N-dealkylation sites (tertiary alicyclic amines) is 1. The van der Waals surface area contributed by atoms with Crippen LogP contribution in [0.4, 0.5) is 0 Å². The van der Waals surface area contributed by atoms with Crippen LogP contribution in [0, 0.1) is 18.8 Å². The zero-order valence-electron chi connectivity index (χ0n) is 15.0. The van der Waals surface area contributed by atoms with E-state index in [-0.39, 0.29) is 24.1 Å². The molecule has 1 fully saturated rings. The maximum Gasteiger partial charge on any atom is 0.308 e. The van der Waals surface area contributed by atoms with Gasteiger partial charge in [-0.2, -0.15) is 0 Å². The number of carboxylic acids is 1. The van der Waals surface area contributed by atoms with Gasteiger partial charge < -0.3 is 10.0 Å². The Bertz CT molecular complexity index is 1040. The van der Waals surface area contributed by atoms with Crippen LogP contribution in [0.2, 0.25) is 0 Å². The number of aromatic nitrogens is 4. The molecular weight excluding hydrogens is 346 g/mol. The van der Waals surface area contributed by atoms with Crippen LogP contribution in [0.15, 0.2) is 36.5 Å². The van der Waals surface area contributed by atoms with E-state index < -0.39 is 11.9 Å². The van der Waals surface area contributed by atoms with Crippen molar-refractivity contribution in [3.8, 4) is 5.69 Å². The Labute approximate surface area is 155 Å². The van der Waals surface area contributed by atoms with Gasteiger partial charge in [0.05, 0.1) is 22.8 Å². The lowest BCUT2D eigenvalue weighted by Gasteiger charge is -2.14. The van der Waals surface area contributed by atoms with Gasteiger partial charge in [0.1, 0.15) is 0 Å². The number of rotatable bonds is 3. The number of carboxylic acid groups (broad SMARTS) is 1. The molecule has 3 aromatic rings. The van der Waals surface area contributed by atoms with Gasteiger partial charge in [0, 0.05) is 24.7 Å². The van der Waals surface area contributed by atoms with Crippen LogP contribution in [0.1, 0.15) is 23.1 Å². The Morgan fingerprint density at radius 2 is 2.00 bits per heavy atom. The Morgan fingerprint density at radius 3 is 2.74 bits per heavy atom. The Morgan fingerprint density at radius 1 is 1.19 bits per heavy atom. The first-order valence-corrected chi connectivity index (χ1v) is 8.76. The molecule has 1 saturated heterocycles. The van der Waals surface area contributed by atoms with Crippen molar-refractivity contribution in [2.75, 3.05) is 13.1 Å². The number of fused-ring (bicyclic) bond motifs is 1. The van der Waals surface area contributed by atoms with E-state index in [4.69, 9.17) is 0 Å². The summed E-state index contributed by atoms with van der Waals surface area (Å²) in [6, 6.07) is 9.49. The predicted molar refractivity (Wildman–Crippen MR) is 97.6 cm³/mol. The summed E-state index contributed by atoms with van der Waals surface area (Å²) in [7, 11) is 0. The summed E-state index contributed by atoms with van der Waals surface area (Å²) < 4.78 is 1.63. The number of aliphatic carboxylic acids is 1. The second kappa shape index (κ2) is 6.46. The van der Waals surface area contributed by atoms with E-state index >= 15 is 0 Å². The summed E-state index contributed by atoms with van der Waals surface area (Å²) in [5, 5.41) is 18.5. The molecule has 1 aliphatic rings. The van der Waals surface area contributed by atoms with Crippen molar-refractivity contribution < 1.29 is 14.7 Å². The molecule has 1 amide bonds. The number of carbonyl (C=O) groups excluding carboxylic acids is 1. The molecule has 0 radical (unpaired) electrons. The molecule has 1 aromatic carbocycles. The van der Waals surface area contributed by atoms with Gasteiger partial charge in [0.2, 0.25) is 0 Å². The zero-order valence-corrected chi connectivity index (χ0v) is 15.0. The van der Waals surface area contributed by atoms with E-state index in [1.165, 1.54) is 0 Å². The molecule has 0 spiro atoms. The van der Waals surface area contributed by atoms with Gasteiger partial charge in [-0.05, 0) is 37.1 Å². The third kappa shape index (κ3) is 2.83. The molecule has 0 bridgehead atoms. The van der Waals surface area contributed by atoms with Crippen LogP contribution in [0.5, 0.6) is 0 Å². The molecule has 0 saturated carbocycles. The lowest BCUT2D eigenvalue weighted by atomic mass is 9.99. The summed E-state index contributed by atoms with van der Waals surface area (Å²) in [4.78, 5) is 30.1. The topological polar surface area (TPSA) is 101 Å². The minimum atomic E-state index is -0.874. The van der Waals surface area contributed by atoms with Crippen molar-refractivity contribution in [3.63, 3.8) is 0 Å². The average molecular weight is 365 g/mol. The normalized spacial score (nSPS) is 19.6. The molecule has 4 rings (SSSR count). The first-order chi connectivity index (χ1) is 13.0. The zero-order chi connectivity index (χ0) is 19.1. The summed E-state index contributed by atoms with van der Waals surface area (Å²) >= 11 is 0. The fourth-order valence-electron chi connectivity index (χ4n) is 3.63. The standard InChI is InChI=1S/C19H19N5O3/c1-11-9-23(10-14(11)19(26)27)18(25)17-12(2)24(22-21-17)16-7-3-6-15-13(16)5-4-8-20-15/h3-8,11,14H,9-10H2,1-2H3,(H,26,27)/t11-,14-/m1/s1. The average Bonchev–Trinajstić information content (AvgIpc) is 3.24. The van der Waals surface area contributed by atoms with Gasteiger partial charge in [-0.1, -0.05) is 18.2 Å². The maximum absolute atomic E-state index is 12.9. The van der Waals surface area contributed by atoms with Gasteiger partial charge in [-0.3, -0.25) is 14.6 Å². The molecule has 27 heavy (non-hydrogen) atoms. The number of nitrogens with zero attached hydrogens (tertiary/aromatic N) is 5. The van der Waals surface area contributed by atoms with Crippen molar-refractivity contribution in [2.24, 2.45) is 11.8 Å².